The number of pyridine rings is 1. The summed E-state index contributed by atoms with van der Waals surface area (Å²) in [5, 5.41) is 6.85. The van der Waals surface area contributed by atoms with Gasteiger partial charge in [0.2, 0.25) is 11.8 Å². The lowest BCUT2D eigenvalue weighted by Crippen LogP contribution is -2.40. The Bertz CT molecular complexity index is 729. The SMILES string of the molecule is Cc1noc(CSCC(=O)NC2CCC(Oc3cccnc3C)CC2)n1. The lowest BCUT2D eigenvalue weighted by atomic mass is 9.93. The first-order valence-corrected chi connectivity index (χ1v) is 10.00. The van der Waals surface area contributed by atoms with Crippen molar-refractivity contribution in [1.29, 1.82) is 0 Å². The van der Waals surface area contributed by atoms with Crippen molar-refractivity contribution in [2.45, 2.75) is 57.4 Å². The molecule has 8 heteroatoms. The van der Waals surface area contributed by atoms with Gasteiger partial charge in [0.25, 0.3) is 0 Å². The maximum atomic E-state index is 12.1. The summed E-state index contributed by atoms with van der Waals surface area (Å²) in [6.07, 6.45) is 5.71. The highest BCUT2D eigenvalue weighted by Crippen LogP contribution is 2.25. The summed E-state index contributed by atoms with van der Waals surface area (Å²) in [6.45, 7) is 3.73. The average molecular weight is 376 g/mol. The number of rotatable bonds is 7. The van der Waals surface area contributed by atoms with Crippen LogP contribution < -0.4 is 10.1 Å². The number of amides is 1. The molecule has 7 nitrogen and oxygen atoms in total. The number of hydrogen-bond donors (Lipinski definition) is 1. The van der Waals surface area contributed by atoms with Gasteiger partial charge in [0.15, 0.2) is 5.82 Å². The highest BCUT2D eigenvalue weighted by molar-refractivity contribution is 7.99. The minimum absolute atomic E-state index is 0.0544. The molecule has 1 saturated carbocycles. The average Bonchev–Trinajstić information content (AvgIpc) is 3.04. The predicted octanol–water partition coefficient (Wildman–Crippen LogP) is 2.82. The first kappa shape index (κ1) is 18.7. The molecule has 0 saturated heterocycles. The van der Waals surface area contributed by atoms with E-state index in [4.69, 9.17) is 9.26 Å². The minimum atomic E-state index is 0.0544. The number of thioether (sulfide) groups is 1. The quantitative estimate of drug-likeness (QED) is 0.794. The fraction of sp³-hybridized carbons (Fsp3) is 0.556. The largest absolute Gasteiger partial charge is 0.489 e. The zero-order chi connectivity index (χ0) is 18.4. The van der Waals surface area contributed by atoms with Gasteiger partial charge in [-0.05, 0) is 51.7 Å². The van der Waals surface area contributed by atoms with Gasteiger partial charge >= 0.3 is 0 Å². The monoisotopic (exact) mass is 376 g/mol. The highest BCUT2D eigenvalue weighted by atomic mass is 32.2. The van der Waals surface area contributed by atoms with Crippen molar-refractivity contribution < 1.29 is 14.1 Å². The Hall–Kier alpha value is -2.09. The lowest BCUT2D eigenvalue weighted by Gasteiger charge is -2.29. The molecule has 1 amide bonds. The summed E-state index contributed by atoms with van der Waals surface area (Å²) >= 11 is 1.48. The standard InChI is InChI=1S/C18H24N4O3S/c1-12-16(4-3-9-19-12)24-15-7-5-14(6-8-15)21-17(23)10-26-11-18-20-13(2)22-25-18/h3-4,9,14-15H,5-8,10-11H2,1-2H3,(H,21,23). The fourth-order valence-corrected chi connectivity index (χ4v) is 3.66. The van der Waals surface area contributed by atoms with Crippen molar-refractivity contribution in [2.75, 3.05) is 5.75 Å². The molecule has 1 aliphatic rings. The number of nitrogens with zero attached hydrogens (tertiary/aromatic N) is 3. The molecular formula is C18H24N4O3S. The van der Waals surface area contributed by atoms with Gasteiger partial charge in [0.05, 0.1) is 23.3 Å². The number of hydrogen-bond acceptors (Lipinski definition) is 7. The van der Waals surface area contributed by atoms with Gasteiger partial charge < -0.3 is 14.6 Å². The number of aromatic nitrogens is 3. The molecule has 3 rings (SSSR count). The normalized spacial score (nSPS) is 19.9. The van der Waals surface area contributed by atoms with Crippen molar-refractivity contribution in [3.05, 3.63) is 35.7 Å². The van der Waals surface area contributed by atoms with E-state index >= 15 is 0 Å². The number of nitrogens with one attached hydrogen (secondary N) is 1. The van der Waals surface area contributed by atoms with E-state index in [1.165, 1.54) is 11.8 Å². The van der Waals surface area contributed by atoms with Crippen molar-refractivity contribution in [1.82, 2.24) is 20.4 Å². The Kier molecular flexibility index (Phi) is 6.49. The van der Waals surface area contributed by atoms with Crippen molar-refractivity contribution in [2.24, 2.45) is 0 Å². The maximum Gasteiger partial charge on any atom is 0.236 e. The van der Waals surface area contributed by atoms with Crippen LogP contribution in [0.2, 0.25) is 0 Å². The van der Waals surface area contributed by atoms with Gasteiger partial charge in [-0.3, -0.25) is 9.78 Å². The van der Waals surface area contributed by atoms with E-state index in [0.717, 1.165) is 37.1 Å². The van der Waals surface area contributed by atoms with E-state index in [0.29, 0.717) is 23.2 Å². The van der Waals surface area contributed by atoms with Crippen LogP contribution in [0.3, 0.4) is 0 Å². The van der Waals surface area contributed by atoms with E-state index < -0.39 is 0 Å². The van der Waals surface area contributed by atoms with Crippen LogP contribution in [-0.2, 0) is 10.5 Å². The van der Waals surface area contributed by atoms with Crippen LogP contribution >= 0.6 is 11.8 Å². The molecule has 1 N–H and O–H groups in total. The third kappa shape index (κ3) is 5.45. The van der Waals surface area contributed by atoms with Crippen molar-refractivity contribution in [3.8, 4) is 5.75 Å². The molecule has 0 aromatic carbocycles. The van der Waals surface area contributed by atoms with Crippen LogP contribution in [-0.4, -0.2) is 38.9 Å². The summed E-state index contributed by atoms with van der Waals surface area (Å²) in [7, 11) is 0. The van der Waals surface area contributed by atoms with Crippen molar-refractivity contribution >= 4 is 17.7 Å². The van der Waals surface area contributed by atoms with Gasteiger partial charge in [-0.2, -0.15) is 4.98 Å². The molecule has 0 unspecified atom stereocenters. The Labute approximate surface area is 157 Å². The zero-order valence-corrected chi connectivity index (χ0v) is 15.9. The van der Waals surface area contributed by atoms with Gasteiger partial charge in [-0.15, -0.1) is 11.8 Å². The van der Waals surface area contributed by atoms with E-state index in [9.17, 15) is 4.79 Å². The van der Waals surface area contributed by atoms with E-state index in [1.807, 2.05) is 19.1 Å². The lowest BCUT2D eigenvalue weighted by molar-refractivity contribution is -0.119. The summed E-state index contributed by atoms with van der Waals surface area (Å²) in [5.74, 6) is 3.03. The number of aryl methyl sites for hydroxylation is 2. The van der Waals surface area contributed by atoms with Crippen LogP contribution in [0.15, 0.2) is 22.9 Å². The molecule has 0 atom stereocenters. The summed E-state index contributed by atoms with van der Waals surface area (Å²) in [5.41, 5.74) is 0.913. The Balaban J connectivity index is 1.34. The second-order valence-electron chi connectivity index (χ2n) is 6.47. The van der Waals surface area contributed by atoms with Crippen LogP contribution in [0.4, 0.5) is 0 Å². The van der Waals surface area contributed by atoms with Crippen molar-refractivity contribution in [3.63, 3.8) is 0 Å². The molecule has 0 spiro atoms. The van der Waals surface area contributed by atoms with Gasteiger partial charge in [-0.25, -0.2) is 0 Å². The predicted molar refractivity (Wildman–Crippen MR) is 99.0 cm³/mol. The molecule has 1 fully saturated rings. The second kappa shape index (κ2) is 9.02. The highest BCUT2D eigenvalue weighted by Gasteiger charge is 2.24. The van der Waals surface area contributed by atoms with Gasteiger partial charge in [-0.1, -0.05) is 5.16 Å². The van der Waals surface area contributed by atoms with Gasteiger partial charge in [0, 0.05) is 12.2 Å². The Morgan fingerprint density at radius 3 is 2.85 bits per heavy atom. The first-order chi connectivity index (χ1) is 12.6. The topological polar surface area (TPSA) is 90.1 Å². The molecule has 140 valence electrons. The summed E-state index contributed by atoms with van der Waals surface area (Å²) in [4.78, 5) is 20.5. The molecule has 26 heavy (non-hydrogen) atoms. The van der Waals surface area contributed by atoms with E-state index in [2.05, 4.69) is 20.4 Å². The third-order valence-electron chi connectivity index (χ3n) is 4.32. The van der Waals surface area contributed by atoms with Crippen LogP contribution in [0.1, 0.15) is 43.1 Å². The fourth-order valence-electron chi connectivity index (χ4n) is 3.00. The zero-order valence-electron chi connectivity index (χ0n) is 15.1. The second-order valence-corrected chi connectivity index (χ2v) is 7.46. The van der Waals surface area contributed by atoms with Crippen LogP contribution in [0, 0.1) is 13.8 Å². The summed E-state index contributed by atoms with van der Waals surface area (Å²) in [6, 6.07) is 4.07. The molecule has 1 aliphatic carbocycles. The molecular weight excluding hydrogens is 352 g/mol. The van der Waals surface area contributed by atoms with E-state index in [-0.39, 0.29) is 18.1 Å². The summed E-state index contributed by atoms with van der Waals surface area (Å²) < 4.78 is 11.1. The number of ether oxygens (including phenoxy) is 1. The smallest absolute Gasteiger partial charge is 0.236 e. The van der Waals surface area contributed by atoms with Crippen LogP contribution in [0.25, 0.3) is 0 Å². The maximum absolute atomic E-state index is 12.1. The minimum Gasteiger partial charge on any atom is -0.489 e. The number of carbonyl (C=O) groups excluding carboxylic acids is 1. The van der Waals surface area contributed by atoms with E-state index in [1.54, 1.807) is 13.1 Å². The number of carbonyl (C=O) groups is 1. The Morgan fingerprint density at radius 1 is 1.35 bits per heavy atom. The molecule has 0 bridgehead atoms. The molecule has 2 heterocycles. The molecule has 2 aromatic rings. The Morgan fingerprint density at radius 2 is 2.15 bits per heavy atom. The first-order valence-electron chi connectivity index (χ1n) is 8.84. The van der Waals surface area contributed by atoms with Gasteiger partial charge in [0.1, 0.15) is 5.75 Å². The molecule has 0 aliphatic heterocycles. The van der Waals surface area contributed by atoms with Crippen LogP contribution in [0.5, 0.6) is 5.75 Å². The molecule has 2 aromatic heterocycles. The third-order valence-corrected chi connectivity index (χ3v) is 5.24. The molecule has 0 radical (unpaired) electrons.